The van der Waals surface area contributed by atoms with Crippen molar-refractivity contribution in [2.24, 2.45) is 4.40 Å². The zero-order valence-electron chi connectivity index (χ0n) is 13.3. The van der Waals surface area contributed by atoms with Crippen molar-refractivity contribution in [3.63, 3.8) is 0 Å². The monoisotopic (exact) mass is 353 g/mol. The van der Waals surface area contributed by atoms with Gasteiger partial charge in [0.15, 0.2) is 0 Å². The summed E-state index contributed by atoms with van der Waals surface area (Å²) < 4.78 is 41.7. The number of hydrogen-bond donors (Lipinski definition) is 0. The number of aromatic nitrogens is 2. The molecule has 0 fully saturated rings. The van der Waals surface area contributed by atoms with Crippen molar-refractivity contribution in [2.75, 3.05) is 5.75 Å². The Kier molecular flexibility index (Phi) is 5.48. The summed E-state index contributed by atoms with van der Waals surface area (Å²) in [5.74, 6) is 0.409. The first-order valence-electron chi connectivity index (χ1n) is 7.22. The average molecular weight is 353 g/mol. The van der Waals surface area contributed by atoms with Gasteiger partial charge in [-0.25, -0.2) is 4.21 Å². The van der Waals surface area contributed by atoms with E-state index in [1.165, 1.54) is 6.20 Å². The van der Waals surface area contributed by atoms with E-state index in [2.05, 4.69) is 9.50 Å². The average Bonchev–Trinajstić information content (AvgIpc) is 3.03. The lowest BCUT2D eigenvalue weighted by atomic mass is 10.2. The van der Waals surface area contributed by atoms with E-state index in [9.17, 15) is 12.6 Å². The van der Waals surface area contributed by atoms with E-state index in [4.69, 9.17) is 0 Å². The molecule has 23 heavy (non-hydrogen) atoms. The number of benzene rings is 1. The Morgan fingerprint density at radius 3 is 2.43 bits per heavy atom. The summed E-state index contributed by atoms with van der Waals surface area (Å²) in [5, 5.41) is 4.10. The van der Waals surface area contributed by atoms with Crippen molar-refractivity contribution in [1.29, 1.82) is 0 Å². The molecule has 0 aliphatic heterocycles. The van der Waals surface area contributed by atoms with E-state index in [0.29, 0.717) is 23.6 Å². The Morgan fingerprint density at radius 1 is 1.22 bits per heavy atom. The maximum Gasteiger partial charge on any atom is 0.282 e. The van der Waals surface area contributed by atoms with Gasteiger partial charge in [0, 0.05) is 11.9 Å². The van der Waals surface area contributed by atoms with E-state index in [-0.39, 0.29) is 4.90 Å². The van der Waals surface area contributed by atoms with E-state index >= 15 is 0 Å². The Labute approximate surface area is 138 Å². The Bertz CT molecular complexity index is 837. The second kappa shape index (κ2) is 7.18. The molecule has 0 radical (unpaired) electrons. The molecule has 8 heteroatoms. The highest BCUT2D eigenvalue weighted by molar-refractivity contribution is 7.89. The van der Waals surface area contributed by atoms with Gasteiger partial charge in [0.1, 0.15) is 16.7 Å². The van der Waals surface area contributed by atoms with Gasteiger partial charge in [-0.3, -0.25) is 0 Å². The van der Waals surface area contributed by atoms with Crippen molar-refractivity contribution in [1.82, 2.24) is 9.19 Å². The van der Waals surface area contributed by atoms with Gasteiger partial charge in [0.2, 0.25) is 0 Å². The highest BCUT2D eigenvalue weighted by atomic mass is 32.2. The van der Waals surface area contributed by atoms with Crippen molar-refractivity contribution in [3.05, 3.63) is 47.8 Å². The molecule has 6 nitrogen and oxygen atoms in total. The SMILES string of the molecule is CCC(=NS(=O)CC)c1ccn(S(=O)(=O)c2ccc(C)cc2)n1. The summed E-state index contributed by atoms with van der Waals surface area (Å²) in [4.78, 5) is 0.171. The van der Waals surface area contributed by atoms with Gasteiger partial charge in [-0.05, 0) is 31.5 Å². The van der Waals surface area contributed by atoms with Crippen molar-refractivity contribution >= 4 is 26.7 Å². The van der Waals surface area contributed by atoms with Crippen LogP contribution < -0.4 is 0 Å². The molecule has 0 saturated carbocycles. The topological polar surface area (TPSA) is 81.4 Å². The third-order valence-corrected chi connectivity index (χ3v) is 5.70. The van der Waals surface area contributed by atoms with Crippen LogP contribution in [0.5, 0.6) is 0 Å². The molecule has 1 heterocycles. The zero-order chi connectivity index (χ0) is 17.0. The fourth-order valence-electron chi connectivity index (χ4n) is 1.89. The van der Waals surface area contributed by atoms with Crippen LogP contribution in [0.2, 0.25) is 0 Å². The minimum atomic E-state index is -3.74. The molecule has 0 bridgehead atoms. The minimum absolute atomic E-state index is 0.171. The van der Waals surface area contributed by atoms with Crippen LogP contribution in [0.4, 0.5) is 0 Å². The van der Waals surface area contributed by atoms with Crippen molar-refractivity contribution < 1.29 is 12.6 Å². The summed E-state index contributed by atoms with van der Waals surface area (Å²) in [6.07, 6.45) is 1.90. The molecular formula is C15H19N3O3S2. The smallest absolute Gasteiger partial charge is 0.235 e. The van der Waals surface area contributed by atoms with Gasteiger partial charge in [0.05, 0.1) is 10.6 Å². The van der Waals surface area contributed by atoms with Crippen molar-refractivity contribution in [2.45, 2.75) is 32.1 Å². The molecule has 0 spiro atoms. The third-order valence-electron chi connectivity index (χ3n) is 3.22. The molecule has 0 aliphatic carbocycles. The molecule has 2 aromatic rings. The van der Waals surface area contributed by atoms with Crippen LogP contribution in [0.1, 0.15) is 31.5 Å². The maximum absolute atomic E-state index is 12.5. The normalized spacial score (nSPS) is 14.0. The first kappa shape index (κ1) is 17.6. The highest BCUT2D eigenvalue weighted by Gasteiger charge is 2.19. The molecule has 0 saturated heterocycles. The molecule has 1 aromatic carbocycles. The van der Waals surface area contributed by atoms with Gasteiger partial charge < -0.3 is 0 Å². The van der Waals surface area contributed by atoms with Crippen LogP contribution in [0, 0.1) is 6.92 Å². The van der Waals surface area contributed by atoms with E-state index in [1.807, 2.05) is 13.8 Å². The van der Waals surface area contributed by atoms with Crippen LogP contribution in [0.3, 0.4) is 0 Å². The summed E-state index contributed by atoms with van der Waals surface area (Å²) in [6.45, 7) is 5.52. The maximum atomic E-state index is 12.5. The largest absolute Gasteiger partial charge is 0.282 e. The molecule has 0 amide bonds. The minimum Gasteiger partial charge on any atom is -0.235 e. The van der Waals surface area contributed by atoms with E-state index in [0.717, 1.165) is 9.65 Å². The molecular weight excluding hydrogens is 334 g/mol. The second-order valence-electron chi connectivity index (χ2n) is 4.89. The van der Waals surface area contributed by atoms with Crippen LogP contribution in [0.25, 0.3) is 0 Å². The fraction of sp³-hybridized carbons (Fsp3) is 0.333. The van der Waals surface area contributed by atoms with Crippen LogP contribution in [0.15, 0.2) is 45.8 Å². The predicted molar refractivity (Wildman–Crippen MR) is 91.5 cm³/mol. The summed E-state index contributed by atoms with van der Waals surface area (Å²) in [5.41, 5.74) is 1.93. The van der Waals surface area contributed by atoms with Gasteiger partial charge in [-0.1, -0.05) is 31.5 Å². The number of rotatable bonds is 6. The summed E-state index contributed by atoms with van der Waals surface area (Å²) >= 11 is 0. The fourth-order valence-corrected chi connectivity index (χ4v) is 3.60. The van der Waals surface area contributed by atoms with Crippen LogP contribution >= 0.6 is 0 Å². The second-order valence-corrected chi connectivity index (χ2v) is 8.09. The molecule has 1 aromatic heterocycles. The number of aryl methyl sites for hydroxylation is 1. The standard InChI is InChI=1S/C15H19N3O3S2/c1-4-14(17-22(19)5-2)15-10-11-18(16-15)23(20,21)13-8-6-12(3)7-9-13/h6-11H,4-5H2,1-3H3. The zero-order valence-corrected chi connectivity index (χ0v) is 14.9. The van der Waals surface area contributed by atoms with E-state index in [1.54, 1.807) is 37.3 Å². The third kappa shape index (κ3) is 3.94. The first-order chi connectivity index (χ1) is 10.9. The lowest BCUT2D eigenvalue weighted by molar-refractivity contribution is 0.580. The van der Waals surface area contributed by atoms with Crippen LogP contribution in [-0.4, -0.2) is 33.3 Å². The Hall–Kier alpha value is -1.80. The van der Waals surface area contributed by atoms with Crippen molar-refractivity contribution in [3.8, 4) is 0 Å². The number of hydrogen-bond acceptors (Lipinski definition) is 4. The van der Waals surface area contributed by atoms with Gasteiger partial charge in [-0.15, -0.1) is 0 Å². The summed E-state index contributed by atoms with van der Waals surface area (Å²) in [6, 6.07) is 8.14. The molecule has 0 aliphatic rings. The first-order valence-corrected chi connectivity index (χ1v) is 9.94. The molecule has 1 unspecified atom stereocenters. The highest BCUT2D eigenvalue weighted by Crippen LogP contribution is 2.15. The van der Waals surface area contributed by atoms with Crippen LogP contribution in [-0.2, 0) is 21.0 Å². The molecule has 0 N–H and O–H groups in total. The number of nitrogens with zero attached hydrogens (tertiary/aromatic N) is 3. The molecule has 124 valence electrons. The summed E-state index contributed by atoms with van der Waals surface area (Å²) in [7, 11) is -5.05. The van der Waals surface area contributed by atoms with E-state index < -0.39 is 21.0 Å². The van der Waals surface area contributed by atoms with Gasteiger partial charge in [-0.2, -0.15) is 22.0 Å². The Morgan fingerprint density at radius 2 is 1.87 bits per heavy atom. The molecule has 2 rings (SSSR count). The lowest BCUT2D eigenvalue weighted by Crippen LogP contribution is -2.15. The molecule has 1 atom stereocenters. The van der Waals surface area contributed by atoms with Gasteiger partial charge >= 0.3 is 0 Å². The Balaban J connectivity index is 2.40. The lowest BCUT2D eigenvalue weighted by Gasteiger charge is -2.05. The predicted octanol–water partition coefficient (Wildman–Crippen LogP) is 2.31. The van der Waals surface area contributed by atoms with Gasteiger partial charge in [0.25, 0.3) is 10.0 Å². The quantitative estimate of drug-likeness (QED) is 0.746.